The number of carbonyl (C=O) groups is 1. The molecular weight excluding hydrogens is 316 g/mol. The summed E-state index contributed by atoms with van der Waals surface area (Å²) >= 11 is 0. The van der Waals surface area contributed by atoms with Gasteiger partial charge < -0.3 is 20.5 Å². The Bertz CT molecular complexity index is 482. The van der Waals surface area contributed by atoms with Crippen LogP contribution in [0.3, 0.4) is 0 Å². The number of hydrogen-bond acceptors (Lipinski definition) is 4. The summed E-state index contributed by atoms with van der Waals surface area (Å²) < 4.78 is 11.3. The third-order valence-corrected chi connectivity index (χ3v) is 6.83. The second-order valence-corrected chi connectivity index (χ2v) is 8.44. The van der Waals surface area contributed by atoms with E-state index in [0.29, 0.717) is 0 Å². The van der Waals surface area contributed by atoms with Crippen molar-refractivity contribution in [2.45, 2.75) is 70.7 Å². The summed E-state index contributed by atoms with van der Waals surface area (Å²) in [4.78, 5) is 13.0. The predicted octanol–water partition coefficient (Wildman–Crippen LogP) is 1.87. The lowest BCUT2D eigenvalue weighted by molar-refractivity contribution is -0.227. The van der Waals surface area contributed by atoms with E-state index in [4.69, 9.17) is 15.2 Å². The molecule has 2 saturated carbocycles. The third-order valence-electron chi connectivity index (χ3n) is 6.83. The van der Waals surface area contributed by atoms with Crippen LogP contribution in [0.1, 0.15) is 47.0 Å². The van der Waals surface area contributed by atoms with Gasteiger partial charge in [-0.25, -0.2) is 0 Å². The number of ether oxygens (including phenoxy) is 2. The van der Waals surface area contributed by atoms with Crippen LogP contribution in [0.15, 0.2) is 0 Å². The Morgan fingerprint density at radius 3 is 2.52 bits per heavy atom. The summed E-state index contributed by atoms with van der Waals surface area (Å²) in [5.74, 6) is 0.120. The van der Waals surface area contributed by atoms with Gasteiger partial charge in [0.25, 0.3) is 0 Å². The van der Waals surface area contributed by atoms with Crippen molar-refractivity contribution in [2.24, 2.45) is 22.5 Å². The maximum Gasteiger partial charge on any atom is 0.241 e. The van der Waals surface area contributed by atoms with E-state index in [1.165, 1.54) is 0 Å². The van der Waals surface area contributed by atoms with Crippen LogP contribution in [0, 0.1) is 16.7 Å². The number of nitrogens with two attached hydrogens (primary N) is 1. The number of rotatable bonds is 3. The van der Waals surface area contributed by atoms with Crippen molar-refractivity contribution in [2.75, 3.05) is 13.7 Å². The molecule has 5 atom stereocenters. The normalized spacial score (nSPS) is 43.2. The van der Waals surface area contributed by atoms with E-state index in [9.17, 15) is 4.79 Å². The molecular formula is C17H31ClN2O3. The van der Waals surface area contributed by atoms with Crippen molar-refractivity contribution in [3.63, 3.8) is 0 Å². The van der Waals surface area contributed by atoms with Crippen molar-refractivity contribution < 1.29 is 14.3 Å². The Morgan fingerprint density at radius 2 is 1.96 bits per heavy atom. The lowest BCUT2D eigenvalue weighted by Crippen LogP contribution is -2.83. The van der Waals surface area contributed by atoms with E-state index >= 15 is 0 Å². The van der Waals surface area contributed by atoms with Crippen LogP contribution in [0.5, 0.6) is 0 Å². The van der Waals surface area contributed by atoms with Gasteiger partial charge >= 0.3 is 0 Å². The molecule has 6 heteroatoms. The fraction of sp³-hybridized carbons (Fsp3) is 0.941. The molecule has 23 heavy (non-hydrogen) atoms. The number of fused-ring (bicyclic) bond motifs is 1. The number of hydrogen-bond donors (Lipinski definition) is 2. The summed E-state index contributed by atoms with van der Waals surface area (Å²) in [5.41, 5.74) is 5.44. The van der Waals surface area contributed by atoms with Crippen LogP contribution in [-0.4, -0.2) is 43.4 Å². The first-order valence-corrected chi connectivity index (χ1v) is 8.41. The maximum absolute atomic E-state index is 13.0. The molecule has 1 heterocycles. The van der Waals surface area contributed by atoms with Crippen LogP contribution < -0.4 is 11.1 Å². The molecule has 0 aromatic carbocycles. The average Bonchev–Trinajstić information content (AvgIpc) is 2.49. The van der Waals surface area contributed by atoms with Crippen molar-refractivity contribution >= 4 is 18.3 Å². The summed E-state index contributed by atoms with van der Waals surface area (Å²) in [6, 6.07) is 0.129. The Kier molecular flexibility index (Phi) is 4.84. The van der Waals surface area contributed by atoms with Crippen LogP contribution in [0.4, 0.5) is 0 Å². The van der Waals surface area contributed by atoms with E-state index in [-0.39, 0.29) is 53.3 Å². The second-order valence-electron chi connectivity index (χ2n) is 8.44. The Balaban J connectivity index is 0.00000192. The van der Waals surface area contributed by atoms with Gasteiger partial charge in [0.05, 0.1) is 12.2 Å². The summed E-state index contributed by atoms with van der Waals surface area (Å²) in [6.45, 7) is 9.17. The molecule has 3 rings (SSSR count). The first kappa shape index (κ1) is 19.0. The minimum absolute atomic E-state index is 0. The Labute approximate surface area is 145 Å². The van der Waals surface area contributed by atoms with Crippen molar-refractivity contribution in [1.82, 2.24) is 5.32 Å². The fourth-order valence-electron chi connectivity index (χ4n) is 4.84. The van der Waals surface area contributed by atoms with Crippen LogP contribution in [0.2, 0.25) is 0 Å². The first-order chi connectivity index (χ1) is 10.2. The summed E-state index contributed by atoms with van der Waals surface area (Å²) in [5, 5.41) is 3.20. The van der Waals surface area contributed by atoms with E-state index in [0.717, 1.165) is 25.9 Å². The van der Waals surface area contributed by atoms with Gasteiger partial charge in [-0.1, -0.05) is 27.7 Å². The summed E-state index contributed by atoms with van der Waals surface area (Å²) in [7, 11) is 1.73. The van der Waals surface area contributed by atoms with Crippen molar-refractivity contribution in [1.29, 1.82) is 0 Å². The Hall–Kier alpha value is -0.360. The zero-order valence-corrected chi connectivity index (χ0v) is 15.7. The largest absolute Gasteiger partial charge is 0.381 e. The fourth-order valence-corrected chi connectivity index (χ4v) is 4.84. The topological polar surface area (TPSA) is 73.6 Å². The van der Waals surface area contributed by atoms with Gasteiger partial charge in [-0.05, 0) is 19.3 Å². The van der Waals surface area contributed by atoms with E-state index in [2.05, 4.69) is 33.0 Å². The van der Waals surface area contributed by atoms with Gasteiger partial charge in [-0.2, -0.15) is 0 Å². The van der Waals surface area contributed by atoms with Gasteiger partial charge in [0.15, 0.2) is 0 Å². The molecule has 3 fully saturated rings. The van der Waals surface area contributed by atoms with Crippen LogP contribution in [0.25, 0.3) is 0 Å². The quantitative estimate of drug-likeness (QED) is 0.818. The molecule has 1 saturated heterocycles. The van der Waals surface area contributed by atoms with Crippen LogP contribution >= 0.6 is 12.4 Å². The molecule has 2 aliphatic carbocycles. The Morgan fingerprint density at radius 1 is 1.30 bits per heavy atom. The molecule has 134 valence electrons. The molecule has 5 unspecified atom stereocenters. The first-order valence-electron chi connectivity index (χ1n) is 8.41. The number of methoxy groups -OCH3 is 1. The van der Waals surface area contributed by atoms with Gasteiger partial charge in [-0.3, -0.25) is 4.79 Å². The maximum atomic E-state index is 13.0. The number of carbonyl (C=O) groups excluding carboxylic acids is 1. The third kappa shape index (κ3) is 2.35. The number of nitrogens with one attached hydrogen (secondary N) is 1. The average molecular weight is 347 g/mol. The highest BCUT2D eigenvalue weighted by Gasteiger charge is 2.70. The zero-order chi connectivity index (χ0) is 16.3. The molecule has 1 aliphatic heterocycles. The standard InChI is InChI=1S/C17H30N2O3.ClH/c1-15(2)11(9-12(15)21-5)19-14(20)17(18)10-7-6-8-22-13(10)16(17,3)4;/h10-13H,6-9,18H2,1-5H3,(H,19,20);1H. The van der Waals surface area contributed by atoms with Crippen molar-refractivity contribution in [3.05, 3.63) is 0 Å². The molecule has 0 aromatic rings. The molecule has 0 aromatic heterocycles. The predicted molar refractivity (Wildman–Crippen MR) is 91.5 cm³/mol. The van der Waals surface area contributed by atoms with Crippen molar-refractivity contribution in [3.8, 4) is 0 Å². The van der Waals surface area contributed by atoms with E-state index in [1.807, 2.05) is 0 Å². The molecule has 0 radical (unpaired) electrons. The molecule has 3 aliphatic rings. The van der Waals surface area contributed by atoms with Crippen LogP contribution in [-0.2, 0) is 14.3 Å². The SMILES string of the molecule is COC1CC(NC(=O)C2(N)C3CCCOC3C2(C)C)C1(C)C.Cl. The minimum atomic E-state index is -0.827. The lowest BCUT2D eigenvalue weighted by Gasteiger charge is -2.65. The van der Waals surface area contributed by atoms with Gasteiger partial charge in [0.2, 0.25) is 5.91 Å². The second kappa shape index (κ2) is 5.87. The number of halogens is 1. The monoisotopic (exact) mass is 346 g/mol. The highest BCUT2D eigenvalue weighted by atomic mass is 35.5. The highest BCUT2D eigenvalue weighted by Crippen LogP contribution is 2.57. The highest BCUT2D eigenvalue weighted by molar-refractivity contribution is 5.90. The minimum Gasteiger partial charge on any atom is -0.381 e. The van der Waals surface area contributed by atoms with Gasteiger partial charge in [0.1, 0.15) is 5.54 Å². The molecule has 0 spiro atoms. The van der Waals surface area contributed by atoms with Gasteiger partial charge in [0, 0.05) is 36.5 Å². The number of amides is 1. The smallest absolute Gasteiger partial charge is 0.241 e. The van der Waals surface area contributed by atoms with E-state index < -0.39 is 5.54 Å². The zero-order valence-electron chi connectivity index (χ0n) is 14.8. The molecule has 3 N–H and O–H groups in total. The summed E-state index contributed by atoms with van der Waals surface area (Å²) in [6.07, 6.45) is 3.14. The lowest BCUT2D eigenvalue weighted by atomic mass is 9.46. The van der Waals surface area contributed by atoms with E-state index in [1.54, 1.807) is 7.11 Å². The molecule has 5 nitrogen and oxygen atoms in total. The molecule has 0 bridgehead atoms. The van der Waals surface area contributed by atoms with Gasteiger partial charge in [-0.15, -0.1) is 12.4 Å². The molecule has 1 amide bonds.